The predicted molar refractivity (Wildman–Crippen MR) is 118 cm³/mol. The van der Waals surface area contributed by atoms with Gasteiger partial charge in [-0.25, -0.2) is 5.43 Å². The smallest absolute Gasteiger partial charge is 0.244 e. The van der Waals surface area contributed by atoms with E-state index in [1.165, 1.54) is 0 Å². The molecule has 0 radical (unpaired) electrons. The zero-order chi connectivity index (χ0) is 19.9. The molecule has 3 aromatic rings. The molecule has 0 spiro atoms. The largest absolute Gasteiger partial charge is 0.273 e. The molecule has 0 saturated heterocycles. The lowest BCUT2D eigenvalue weighted by Gasteiger charge is -2.08. The lowest BCUT2D eigenvalue weighted by atomic mass is 9.97. The molecule has 3 nitrogen and oxygen atoms in total. The first-order valence-corrected chi connectivity index (χ1v) is 9.91. The van der Waals surface area contributed by atoms with Crippen LogP contribution < -0.4 is 5.43 Å². The minimum Gasteiger partial charge on any atom is -0.273 e. The summed E-state index contributed by atoms with van der Waals surface area (Å²) in [4.78, 5) is 12.6. The highest BCUT2D eigenvalue weighted by atomic mass is 35.5. The van der Waals surface area contributed by atoms with E-state index < -0.39 is 0 Å². The highest BCUT2D eigenvalue weighted by Gasteiger charge is 2.60. The summed E-state index contributed by atoms with van der Waals surface area (Å²) < 4.78 is 0.194. The van der Waals surface area contributed by atoms with Crippen LogP contribution >= 0.6 is 23.2 Å². The second-order valence-corrected chi connectivity index (χ2v) is 8.76. The molecular weight excluding hydrogens is 391 g/mol. The number of benzene rings is 3. The standard InChI is InChI=1S/C23H20Cl2N2O/c1-23(2)19(12-20(24)25)21(23)22(28)27-26-13-18-16-9-5-3-7-14(16)11-15-8-4-6-10-17(15)18/h3-13,19,21H,1-2H3,(H,27,28)/b26-13-/t19-,21+/m0/s1. The molecule has 5 heteroatoms. The van der Waals surface area contributed by atoms with E-state index in [1.807, 2.05) is 38.1 Å². The molecule has 0 aliphatic heterocycles. The summed E-state index contributed by atoms with van der Waals surface area (Å²) >= 11 is 11.5. The Balaban J connectivity index is 1.62. The van der Waals surface area contributed by atoms with Crippen LogP contribution in [0.1, 0.15) is 19.4 Å². The number of carbonyl (C=O) groups is 1. The van der Waals surface area contributed by atoms with E-state index in [2.05, 4.69) is 40.9 Å². The maximum atomic E-state index is 12.6. The van der Waals surface area contributed by atoms with Crippen molar-refractivity contribution in [1.29, 1.82) is 0 Å². The van der Waals surface area contributed by atoms with Crippen molar-refractivity contribution in [3.8, 4) is 0 Å². The molecule has 1 N–H and O–H groups in total. The third-order valence-electron chi connectivity index (χ3n) is 5.68. The lowest BCUT2D eigenvalue weighted by Crippen LogP contribution is -2.22. The van der Waals surface area contributed by atoms with Gasteiger partial charge in [-0.3, -0.25) is 4.79 Å². The molecule has 0 bridgehead atoms. The van der Waals surface area contributed by atoms with E-state index in [1.54, 1.807) is 12.3 Å². The number of nitrogens with one attached hydrogen (secondary N) is 1. The Morgan fingerprint density at radius 1 is 1.04 bits per heavy atom. The van der Waals surface area contributed by atoms with Crippen molar-refractivity contribution >= 4 is 56.9 Å². The molecule has 28 heavy (non-hydrogen) atoms. The minimum absolute atomic E-state index is 0.0195. The zero-order valence-corrected chi connectivity index (χ0v) is 17.1. The van der Waals surface area contributed by atoms with E-state index in [9.17, 15) is 4.79 Å². The highest BCUT2D eigenvalue weighted by Crippen LogP contribution is 2.59. The molecule has 0 heterocycles. The summed E-state index contributed by atoms with van der Waals surface area (Å²) in [6.45, 7) is 4.05. The number of amides is 1. The number of nitrogens with zero attached hydrogens (tertiary/aromatic N) is 1. The van der Waals surface area contributed by atoms with Crippen molar-refractivity contribution in [3.63, 3.8) is 0 Å². The van der Waals surface area contributed by atoms with Crippen molar-refractivity contribution in [2.45, 2.75) is 13.8 Å². The van der Waals surface area contributed by atoms with Crippen LogP contribution in [-0.2, 0) is 4.79 Å². The third kappa shape index (κ3) is 3.41. The number of fused-ring (bicyclic) bond motifs is 2. The summed E-state index contributed by atoms with van der Waals surface area (Å²) in [6, 6.07) is 18.5. The zero-order valence-electron chi connectivity index (χ0n) is 15.6. The number of halogens is 2. The molecular formula is C23H20Cl2N2O. The summed E-state index contributed by atoms with van der Waals surface area (Å²) in [5.41, 5.74) is 3.51. The number of hydrogen-bond donors (Lipinski definition) is 1. The van der Waals surface area contributed by atoms with Gasteiger partial charge in [-0.15, -0.1) is 0 Å². The van der Waals surface area contributed by atoms with Gasteiger partial charge in [0, 0.05) is 5.56 Å². The van der Waals surface area contributed by atoms with E-state index in [-0.39, 0.29) is 27.6 Å². The average molecular weight is 411 g/mol. The molecule has 1 saturated carbocycles. The van der Waals surface area contributed by atoms with Crippen molar-refractivity contribution < 1.29 is 4.79 Å². The quantitative estimate of drug-likeness (QED) is 0.318. The van der Waals surface area contributed by atoms with Crippen molar-refractivity contribution in [2.75, 3.05) is 0 Å². The van der Waals surface area contributed by atoms with Crippen LogP contribution in [-0.4, -0.2) is 12.1 Å². The fourth-order valence-corrected chi connectivity index (χ4v) is 4.31. The monoisotopic (exact) mass is 410 g/mol. The van der Waals surface area contributed by atoms with E-state index in [0.717, 1.165) is 27.1 Å². The normalized spacial score (nSPS) is 20.4. The number of allylic oxidation sites excluding steroid dienone is 1. The molecule has 2 atom stereocenters. The van der Waals surface area contributed by atoms with Crippen LogP contribution in [0.25, 0.3) is 21.5 Å². The molecule has 0 unspecified atom stereocenters. The van der Waals surface area contributed by atoms with Crippen molar-refractivity contribution in [2.24, 2.45) is 22.4 Å². The Hall–Kier alpha value is -2.36. The van der Waals surface area contributed by atoms with Gasteiger partial charge in [0.15, 0.2) is 0 Å². The van der Waals surface area contributed by atoms with Crippen molar-refractivity contribution in [1.82, 2.24) is 5.43 Å². The fraction of sp³-hybridized carbons (Fsp3) is 0.217. The lowest BCUT2D eigenvalue weighted by molar-refractivity contribution is -0.123. The topological polar surface area (TPSA) is 41.5 Å². The maximum absolute atomic E-state index is 12.6. The van der Waals surface area contributed by atoms with Crippen LogP contribution in [0.2, 0.25) is 0 Å². The van der Waals surface area contributed by atoms with Gasteiger partial charge in [0.2, 0.25) is 5.91 Å². The van der Waals surface area contributed by atoms with Gasteiger partial charge < -0.3 is 0 Å². The minimum atomic E-state index is -0.193. The molecule has 1 aliphatic carbocycles. The van der Waals surface area contributed by atoms with E-state index in [0.29, 0.717) is 0 Å². The molecule has 4 rings (SSSR count). The SMILES string of the molecule is CC1(C)[C@@H](C=C(Cl)Cl)[C@@H]1C(=O)N/N=C\c1c2ccccc2cc2ccccc12. The Morgan fingerprint density at radius 3 is 2.18 bits per heavy atom. The Bertz CT molecular complexity index is 1080. The van der Waals surface area contributed by atoms with Crippen LogP contribution in [0, 0.1) is 17.3 Å². The molecule has 0 aromatic heterocycles. The molecule has 1 fully saturated rings. The molecule has 142 valence electrons. The molecule has 1 aliphatic rings. The number of carbonyl (C=O) groups excluding carboxylic acids is 1. The second kappa shape index (κ2) is 7.23. The first-order chi connectivity index (χ1) is 13.4. The number of rotatable bonds is 4. The average Bonchev–Trinajstić information content (AvgIpc) is 3.20. The maximum Gasteiger partial charge on any atom is 0.244 e. The Kier molecular flexibility index (Phi) is 4.90. The van der Waals surface area contributed by atoms with E-state index in [4.69, 9.17) is 23.2 Å². The Labute approximate surface area is 174 Å². The summed E-state index contributed by atoms with van der Waals surface area (Å²) in [7, 11) is 0. The Morgan fingerprint density at radius 2 is 1.61 bits per heavy atom. The third-order valence-corrected chi connectivity index (χ3v) is 5.93. The van der Waals surface area contributed by atoms with Crippen LogP contribution in [0.5, 0.6) is 0 Å². The van der Waals surface area contributed by atoms with Gasteiger partial charge in [0.25, 0.3) is 0 Å². The molecule has 1 amide bonds. The van der Waals surface area contributed by atoms with E-state index >= 15 is 0 Å². The summed E-state index contributed by atoms with van der Waals surface area (Å²) in [5.74, 6) is -0.297. The second-order valence-electron chi connectivity index (χ2n) is 7.75. The summed E-state index contributed by atoms with van der Waals surface area (Å²) in [6.07, 6.45) is 3.46. The van der Waals surface area contributed by atoms with Gasteiger partial charge in [0.05, 0.1) is 12.1 Å². The highest BCUT2D eigenvalue weighted by molar-refractivity contribution is 6.55. The van der Waals surface area contributed by atoms with Gasteiger partial charge in [-0.05, 0) is 45.0 Å². The first kappa shape index (κ1) is 19.0. The van der Waals surface area contributed by atoms with Gasteiger partial charge >= 0.3 is 0 Å². The van der Waals surface area contributed by atoms with Gasteiger partial charge in [0.1, 0.15) is 4.49 Å². The van der Waals surface area contributed by atoms with Gasteiger partial charge in [-0.2, -0.15) is 5.10 Å². The number of hydrogen-bond acceptors (Lipinski definition) is 2. The predicted octanol–water partition coefficient (Wildman–Crippen LogP) is 6.03. The van der Waals surface area contributed by atoms with Gasteiger partial charge in [-0.1, -0.05) is 85.6 Å². The van der Waals surface area contributed by atoms with Crippen LogP contribution in [0.4, 0.5) is 0 Å². The number of hydrazone groups is 1. The van der Waals surface area contributed by atoms with Crippen LogP contribution in [0.15, 0.2) is 70.3 Å². The molecule has 3 aromatic carbocycles. The first-order valence-electron chi connectivity index (χ1n) is 9.16. The fourth-order valence-electron chi connectivity index (χ4n) is 4.04. The van der Waals surface area contributed by atoms with Crippen LogP contribution in [0.3, 0.4) is 0 Å². The van der Waals surface area contributed by atoms with Crippen molar-refractivity contribution in [3.05, 3.63) is 70.7 Å². The summed E-state index contributed by atoms with van der Waals surface area (Å²) in [5, 5.41) is 8.74.